The minimum atomic E-state index is -0.379. The molecule has 2 rings (SSSR count). The Balaban J connectivity index is 2.06. The normalized spacial score (nSPS) is 19.1. The van der Waals surface area contributed by atoms with Crippen LogP contribution in [0.2, 0.25) is 0 Å². The van der Waals surface area contributed by atoms with E-state index in [2.05, 4.69) is 10.1 Å². The second-order valence-corrected chi connectivity index (χ2v) is 6.09. The molecule has 0 atom stereocenters. The highest BCUT2D eigenvalue weighted by Crippen LogP contribution is 2.35. The molecule has 8 heteroatoms. The van der Waals surface area contributed by atoms with E-state index in [-0.39, 0.29) is 16.5 Å². The zero-order valence-electron chi connectivity index (χ0n) is 11.6. The van der Waals surface area contributed by atoms with Gasteiger partial charge in [-0.2, -0.15) is 11.8 Å². The molecule has 1 aromatic heterocycles. The molecule has 0 unspecified atom stereocenters. The first-order valence-electron chi connectivity index (χ1n) is 6.33. The summed E-state index contributed by atoms with van der Waals surface area (Å²) in [6, 6.07) is 0. The average Bonchev–Trinajstić information content (AvgIpc) is 2.92. The number of rotatable bonds is 3. The van der Waals surface area contributed by atoms with Crippen LogP contribution in [0, 0.1) is 0 Å². The topological polar surface area (TPSA) is 96.7 Å². The molecule has 0 aliphatic carbocycles. The summed E-state index contributed by atoms with van der Waals surface area (Å²) in [7, 11) is 1.83. The maximum atomic E-state index is 12.3. The Morgan fingerprint density at radius 1 is 1.55 bits per heavy atom. The number of amides is 1. The highest BCUT2D eigenvalue weighted by Gasteiger charge is 2.39. The lowest BCUT2D eigenvalue weighted by Crippen LogP contribution is -2.51. The highest BCUT2D eigenvalue weighted by atomic mass is 32.2. The van der Waals surface area contributed by atoms with Gasteiger partial charge in [-0.05, 0) is 19.1 Å². The highest BCUT2D eigenvalue weighted by molar-refractivity contribution is 8.00. The molecule has 0 radical (unpaired) electrons. The first-order chi connectivity index (χ1) is 9.52. The molecule has 3 N–H and O–H groups in total. The van der Waals surface area contributed by atoms with Gasteiger partial charge in [0.25, 0.3) is 5.91 Å². The first-order valence-corrected chi connectivity index (χ1v) is 7.55. The lowest BCUT2D eigenvalue weighted by molar-refractivity contribution is 0.0712. The minimum absolute atomic E-state index is 0.0696. The van der Waals surface area contributed by atoms with Gasteiger partial charge in [-0.1, -0.05) is 5.16 Å². The summed E-state index contributed by atoms with van der Waals surface area (Å²) < 4.78 is 1.37. The number of piperidine rings is 1. The Kier molecular flexibility index (Phi) is 4.22. The third-order valence-corrected chi connectivity index (χ3v) is 5.15. The van der Waals surface area contributed by atoms with E-state index >= 15 is 0 Å². The van der Waals surface area contributed by atoms with Crippen LogP contribution in [0.1, 0.15) is 23.3 Å². The van der Waals surface area contributed by atoms with Crippen LogP contribution in [0.15, 0.2) is 17.7 Å². The standard InChI is InChI=1S/C12H19N5O2S/c1-16-7-9(14-8-16)10(18)17-5-3-12(20-2,4-6-17)11(13)15-19/h7-8,19H,3-6H2,1-2H3,(H2,13,15). The number of hydrogen-bond donors (Lipinski definition) is 2. The first kappa shape index (κ1) is 14.7. The van der Waals surface area contributed by atoms with Crippen LogP contribution in [0.4, 0.5) is 0 Å². The lowest BCUT2D eigenvalue weighted by Gasteiger charge is -2.39. The van der Waals surface area contributed by atoms with Gasteiger partial charge in [0.15, 0.2) is 5.84 Å². The monoisotopic (exact) mass is 297 g/mol. The molecule has 1 saturated heterocycles. The average molecular weight is 297 g/mol. The molecule has 20 heavy (non-hydrogen) atoms. The maximum Gasteiger partial charge on any atom is 0.274 e. The largest absolute Gasteiger partial charge is 0.409 e. The minimum Gasteiger partial charge on any atom is -0.409 e. The summed E-state index contributed by atoms with van der Waals surface area (Å²) in [6.07, 6.45) is 6.60. The number of oxime groups is 1. The van der Waals surface area contributed by atoms with Crippen molar-refractivity contribution < 1.29 is 10.0 Å². The van der Waals surface area contributed by atoms with Gasteiger partial charge in [-0.15, -0.1) is 0 Å². The van der Waals surface area contributed by atoms with Crippen LogP contribution in [-0.4, -0.2) is 55.5 Å². The molecule has 0 bridgehead atoms. The number of carbonyl (C=O) groups is 1. The summed E-state index contributed by atoms with van der Waals surface area (Å²) in [5, 5.41) is 12.0. The predicted molar refractivity (Wildman–Crippen MR) is 78.0 cm³/mol. The second kappa shape index (κ2) is 5.74. The summed E-state index contributed by atoms with van der Waals surface area (Å²) in [4.78, 5) is 18.1. The molecule has 1 aliphatic rings. The van der Waals surface area contributed by atoms with Crippen molar-refractivity contribution in [2.45, 2.75) is 17.6 Å². The smallest absolute Gasteiger partial charge is 0.274 e. The predicted octanol–water partition coefficient (Wildman–Crippen LogP) is 0.504. The van der Waals surface area contributed by atoms with E-state index in [0.29, 0.717) is 31.6 Å². The molecular weight excluding hydrogens is 278 g/mol. The van der Waals surface area contributed by atoms with Crippen LogP contribution in [0.3, 0.4) is 0 Å². The van der Waals surface area contributed by atoms with Crippen LogP contribution in [-0.2, 0) is 7.05 Å². The molecule has 1 fully saturated rings. The van der Waals surface area contributed by atoms with Crippen LogP contribution < -0.4 is 5.73 Å². The van der Waals surface area contributed by atoms with Crippen molar-refractivity contribution in [1.29, 1.82) is 0 Å². The van der Waals surface area contributed by atoms with Gasteiger partial charge in [0.1, 0.15) is 5.69 Å². The Morgan fingerprint density at radius 3 is 2.65 bits per heavy atom. The second-order valence-electron chi connectivity index (χ2n) is 4.90. The SMILES string of the molecule is CSC1(C(N)=NO)CCN(C(=O)c2cn(C)cn2)CC1. The molecule has 0 saturated carbocycles. The third-order valence-electron chi connectivity index (χ3n) is 3.75. The van der Waals surface area contributed by atoms with Crippen LogP contribution >= 0.6 is 11.8 Å². The number of hydrogen-bond acceptors (Lipinski definition) is 5. The quantitative estimate of drug-likeness (QED) is 0.366. The number of nitrogens with two attached hydrogens (primary N) is 1. The molecule has 1 amide bonds. The molecule has 7 nitrogen and oxygen atoms in total. The molecule has 0 spiro atoms. The van der Waals surface area contributed by atoms with Gasteiger partial charge >= 0.3 is 0 Å². The number of thioether (sulfide) groups is 1. The van der Waals surface area contributed by atoms with E-state index in [1.807, 2.05) is 13.3 Å². The maximum absolute atomic E-state index is 12.3. The molecular formula is C12H19N5O2S. The number of nitrogens with zero attached hydrogens (tertiary/aromatic N) is 4. The van der Waals surface area contributed by atoms with Gasteiger partial charge in [-0.3, -0.25) is 4.79 Å². The number of aromatic nitrogens is 2. The van der Waals surface area contributed by atoms with Crippen molar-refractivity contribution in [3.8, 4) is 0 Å². The number of amidine groups is 1. The van der Waals surface area contributed by atoms with E-state index in [1.165, 1.54) is 0 Å². The molecule has 110 valence electrons. The van der Waals surface area contributed by atoms with Gasteiger partial charge < -0.3 is 20.4 Å². The van der Waals surface area contributed by atoms with E-state index in [4.69, 9.17) is 10.9 Å². The van der Waals surface area contributed by atoms with Gasteiger partial charge in [-0.25, -0.2) is 4.98 Å². The Morgan fingerprint density at radius 2 is 2.20 bits per heavy atom. The summed E-state index contributed by atoms with van der Waals surface area (Å²) >= 11 is 1.57. The fourth-order valence-corrected chi connectivity index (χ4v) is 3.25. The van der Waals surface area contributed by atoms with Crippen molar-refractivity contribution in [1.82, 2.24) is 14.5 Å². The zero-order valence-corrected chi connectivity index (χ0v) is 12.4. The number of aryl methyl sites for hydroxylation is 1. The fourth-order valence-electron chi connectivity index (χ4n) is 2.41. The lowest BCUT2D eigenvalue weighted by atomic mass is 9.94. The molecule has 1 aromatic rings. The van der Waals surface area contributed by atoms with Crippen molar-refractivity contribution >= 4 is 23.5 Å². The summed E-state index contributed by atoms with van der Waals surface area (Å²) in [5.41, 5.74) is 6.24. The van der Waals surface area contributed by atoms with Gasteiger partial charge in [0.2, 0.25) is 0 Å². The summed E-state index contributed by atoms with van der Waals surface area (Å²) in [6.45, 7) is 1.15. The van der Waals surface area contributed by atoms with Crippen molar-refractivity contribution in [3.05, 3.63) is 18.2 Å². The van der Waals surface area contributed by atoms with E-state index in [9.17, 15) is 4.79 Å². The van der Waals surface area contributed by atoms with Crippen molar-refractivity contribution in [3.63, 3.8) is 0 Å². The van der Waals surface area contributed by atoms with E-state index < -0.39 is 0 Å². The Labute approximate surface area is 121 Å². The molecule has 1 aliphatic heterocycles. The Bertz CT molecular complexity index is 520. The number of likely N-dealkylation sites (tertiary alicyclic amines) is 1. The van der Waals surface area contributed by atoms with Crippen molar-refractivity contribution in [2.24, 2.45) is 17.9 Å². The van der Waals surface area contributed by atoms with Crippen LogP contribution in [0.25, 0.3) is 0 Å². The molecule has 2 heterocycles. The number of carbonyl (C=O) groups excluding carboxylic acids is 1. The van der Waals surface area contributed by atoms with Crippen LogP contribution in [0.5, 0.6) is 0 Å². The van der Waals surface area contributed by atoms with Gasteiger partial charge in [0, 0.05) is 26.3 Å². The number of imidazole rings is 1. The fraction of sp³-hybridized carbons (Fsp3) is 0.583. The Hall–Kier alpha value is -1.70. The molecule has 0 aromatic carbocycles. The summed E-state index contributed by atoms with van der Waals surface area (Å²) in [5.74, 6) is 0.162. The third kappa shape index (κ3) is 2.60. The van der Waals surface area contributed by atoms with Gasteiger partial charge in [0.05, 0.1) is 11.1 Å². The zero-order chi connectivity index (χ0) is 14.8. The van der Waals surface area contributed by atoms with E-state index in [1.54, 1.807) is 33.8 Å². The van der Waals surface area contributed by atoms with E-state index in [0.717, 1.165) is 0 Å². The van der Waals surface area contributed by atoms with Crippen molar-refractivity contribution in [2.75, 3.05) is 19.3 Å².